The lowest BCUT2D eigenvalue weighted by atomic mass is 10.2. The summed E-state index contributed by atoms with van der Waals surface area (Å²) in [6.45, 7) is 5.50. The number of hydrogen-bond acceptors (Lipinski definition) is 2. The zero-order valence-corrected chi connectivity index (χ0v) is 15.9. The number of fused-ring (bicyclic) bond motifs is 1. The van der Waals surface area contributed by atoms with Crippen LogP contribution in [0.25, 0.3) is 10.2 Å². The molecule has 0 bridgehead atoms. The number of thiophene rings is 1. The van der Waals surface area contributed by atoms with Crippen LogP contribution in [-0.2, 0) is 6.54 Å². The van der Waals surface area contributed by atoms with Crippen molar-refractivity contribution < 1.29 is 4.79 Å². The van der Waals surface area contributed by atoms with Gasteiger partial charge < -0.3 is 9.47 Å². The molecule has 0 radical (unpaired) electrons. The Balaban J connectivity index is 2.07. The van der Waals surface area contributed by atoms with Gasteiger partial charge >= 0.3 is 0 Å². The maximum absolute atomic E-state index is 12.7. The first kappa shape index (κ1) is 16.3. The van der Waals surface area contributed by atoms with Crippen molar-refractivity contribution in [2.24, 2.45) is 0 Å². The molecule has 0 saturated heterocycles. The molecule has 120 valence electrons. The van der Waals surface area contributed by atoms with Gasteiger partial charge in [-0.15, -0.1) is 11.3 Å². The number of benzene rings is 1. The Bertz CT molecular complexity index is 848. The van der Waals surface area contributed by atoms with Crippen molar-refractivity contribution in [3.8, 4) is 0 Å². The van der Waals surface area contributed by atoms with Gasteiger partial charge in [0.15, 0.2) is 0 Å². The average Bonchev–Trinajstić information content (AvgIpc) is 3.05. The molecular formula is C18H19BrN2OS. The standard InChI is InChI=1S/C18H19BrN2OS/c1-4-20(3)18(22)16-10-17-15(9-12(2)23-17)21(16)11-13-5-7-14(19)8-6-13/h5-10H,4,11H2,1-3H3. The molecule has 0 fully saturated rings. The molecule has 1 amide bonds. The number of amides is 1. The third-order valence-electron chi connectivity index (χ3n) is 4.01. The third-order valence-corrected chi connectivity index (χ3v) is 5.52. The molecule has 0 spiro atoms. The predicted molar refractivity (Wildman–Crippen MR) is 100 cm³/mol. The molecule has 3 aromatic rings. The number of hydrogen-bond donors (Lipinski definition) is 0. The molecule has 0 saturated carbocycles. The van der Waals surface area contributed by atoms with Crippen LogP contribution in [0.3, 0.4) is 0 Å². The molecule has 3 nitrogen and oxygen atoms in total. The number of rotatable bonds is 4. The maximum Gasteiger partial charge on any atom is 0.270 e. The second kappa shape index (κ2) is 6.49. The molecule has 0 aliphatic carbocycles. The van der Waals surface area contributed by atoms with Crippen LogP contribution in [-0.4, -0.2) is 29.0 Å². The number of halogens is 1. The highest BCUT2D eigenvalue weighted by Crippen LogP contribution is 2.30. The monoisotopic (exact) mass is 390 g/mol. The highest BCUT2D eigenvalue weighted by molar-refractivity contribution is 9.10. The van der Waals surface area contributed by atoms with E-state index in [4.69, 9.17) is 0 Å². The first-order valence-electron chi connectivity index (χ1n) is 7.59. The molecule has 0 aliphatic rings. The van der Waals surface area contributed by atoms with Gasteiger partial charge in [0.05, 0.1) is 10.2 Å². The van der Waals surface area contributed by atoms with Gasteiger partial charge in [0.2, 0.25) is 0 Å². The Hall–Kier alpha value is -1.59. The van der Waals surface area contributed by atoms with Crippen molar-refractivity contribution in [3.05, 3.63) is 57.0 Å². The zero-order chi connectivity index (χ0) is 16.6. The topological polar surface area (TPSA) is 25.2 Å². The largest absolute Gasteiger partial charge is 0.341 e. The van der Waals surface area contributed by atoms with Crippen molar-refractivity contribution in [1.82, 2.24) is 9.47 Å². The lowest BCUT2D eigenvalue weighted by Gasteiger charge is -2.17. The number of aryl methyl sites for hydroxylation is 1. The molecule has 23 heavy (non-hydrogen) atoms. The maximum atomic E-state index is 12.7. The second-order valence-electron chi connectivity index (χ2n) is 5.67. The van der Waals surface area contributed by atoms with E-state index in [1.165, 1.54) is 15.1 Å². The van der Waals surface area contributed by atoms with E-state index >= 15 is 0 Å². The molecule has 0 atom stereocenters. The fraction of sp³-hybridized carbons (Fsp3) is 0.278. The minimum Gasteiger partial charge on any atom is -0.341 e. The van der Waals surface area contributed by atoms with Gasteiger partial charge in [0.1, 0.15) is 5.69 Å². The van der Waals surface area contributed by atoms with Crippen molar-refractivity contribution in [2.75, 3.05) is 13.6 Å². The smallest absolute Gasteiger partial charge is 0.270 e. The van der Waals surface area contributed by atoms with E-state index in [2.05, 4.69) is 45.6 Å². The summed E-state index contributed by atoms with van der Waals surface area (Å²) in [7, 11) is 1.85. The highest BCUT2D eigenvalue weighted by Gasteiger charge is 2.19. The van der Waals surface area contributed by atoms with Crippen molar-refractivity contribution in [1.29, 1.82) is 0 Å². The van der Waals surface area contributed by atoms with Gasteiger partial charge in [-0.1, -0.05) is 28.1 Å². The van der Waals surface area contributed by atoms with E-state index in [9.17, 15) is 4.79 Å². The fourth-order valence-electron chi connectivity index (χ4n) is 2.62. The molecule has 2 heterocycles. The number of nitrogens with zero attached hydrogens (tertiary/aromatic N) is 2. The SMILES string of the molecule is CCN(C)C(=O)c1cc2sc(C)cc2n1Cc1ccc(Br)cc1. The van der Waals surface area contributed by atoms with Crippen LogP contribution in [0, 0.1) is 6.92 Å². The van der Waals surface area contributed by atoms with Crippen molar-refractivity contribution >= 4 is 43.4 Å². The van der Waals surface area contributed by atoms with Gasteiger partial charge in [0.25, 0.3) is 5.91 Å². The van der Waals surface area contributed by atoms with E-state index < -0.39 is 0 Å². The van der Waals surface area contributed by atoms with Gasteiger partial charge in [0, 0.05) is 29.5 Å². The quantitative estimate of drug-likeness (QED) is 0.620. The summed E-state index contributed by atoms with van der Waals surface area (Å²) < 4.78 is 4.37. The third kappa shape index (κ3) is 3.21. The summed E-state index contributed by atoms with van der Waals surface area (Å²) in [4.78, 5) is 15.7. The lowest BCUT2D eigenvalue weighted by Crippen LogP contribution is -2.28. The summed E-state index contributed by atoms with van der Waals surface area (Å²) in [5.41, 5.74) is 3.09. The van der Waals surface area contributed by atoms with Crippen LogP contribution in [0.1, 0.15) is 27.9 Å². The Morgan fingerprint density at radius 1 is 1.26 bits per heavy atom. The molecule has 5 heteroatoms. The molecule has 1 aromatic carbocycles. The number of aromatic nitrogens is 1. The highest BCUT2D eigenvalue weighted by atomic mass is 79.9. The van der Waals surface area contributed by atoms with Gasteiger partial charge in [-0.3, -0.25) is 4.79 Å². The van der Waals surface area contributed by atoms with Crippen LogP contribution in [0.2, 0.25) is 0 Å². The Kier molecular flexibility index (Phi) is 4.60. The summed E-state index contributed by atoms with van der Waals surface area (Å²) >= 11 is 5.20. The number of carbonyl (C=O) groups excluding carboxylic acids is 1. The normalized spacial score (nSPS) is 11.1. The molecule has 3 rings (SSSR count). The van der Waals surface area contributed by atoms with E-state index in [1.807, 2.05) is 32.2 Å². The summed E-state index contributed by atoms with van der Waals surface area (Å²) in [5.74, 6) is 0.0747. The van der Waals surface area contributed by atoms with Crippen LogP contribution < -0.4 is 0 Å². The molecule has 0 N–H and O–H groups in total. The van der Waals surface area contributed by atoms with E-state index in [0.29, 0.717) is 13.1 Å². The molecular weight excluding hydrogens is 372 g/mol. The summed E-state index contributed by atoms with van der Waals surface area (Å²) in [5, 5.41) is 0. The average molecular weight is 391 g/mol. The minimum atomic E-state index is 0.0747. The fourth-order valence-corrected chi connectivity index (χ4v) is 3.85. The summed E-state index contributed by atoms with van der Waals surface area (Å²) in [6.07, 6.45) is 0. The second-order valence-corrected chi connectivity index (χ2v) is 7.87. The van der Waals surface area contributed by atoms with Gasteiger partial charge in [-0.05, 0) is 43.7 Å². The van der Waals surface area contributed by atoms with E-state index in [1.54, 1.807) is 16.2 Å². The first-order chi connectivity index (χ1) is 11.0. The van der Waals surface area contributed by atoms with Crippen LogP contribution >= 0.6 is 27.3 Å². The molecule has 0 aliphatic heterocycles. The number of carbonyl (C=O) groups is 1. The van der Waals surface area contributed by atoms with Crippen molar-refractivity contribution in [2.45, 2.75) is 20.4 Å². The Morgan fingerprint density at radius 2 is 1.96 bits per heavy atom. The predicted octanol–water partition coefficient (Wildman–Crippen LogP) is 4.91. The zero-order valence-electron chi connectivity index (χ0n) is 13.5. The summed E-state index contributed by atoms with van der Waals surface area (Å²) in [6, 6.07) is 12.4. The van der Waals surface area contributed by atoms with Crippen LogP contribution in [0.15, 0.2) is 40.9 Å². The van der Waals surface area contributed by atoms with E-state index in [-0.39, 0.29) is 5.91 Å². The van der Waals surface area contributed by atoms with Gasteiger partial charge in [-0.2, -0.15) is 0 Å². The minimum absolute atomic E-state index is 0.0747. The lowest BCUT2D eigenvalue weighted by molar-refractivity contribution is 0.0793. The molecule has 2 aromatic heterocycles. The van der Waals surface area contributed by atoms with Crippen LogP contribution in [0.5, 0.6) is 0 Å². The Morgan fingerprint density at radius 3 is 2.61 bits per heavy atom. The van der Waals surface area contributed by atoms with Crippen molar-refractivity contribution in [3.63, 3.8) is 0 Å². The van der Waals surface area contributed by atoms with E-state index in [0.717, 1.165) is 15.7 Å². The van der Waals surface area contributed by atoms with Crippen LogP contribution in [0.4, 0.5) is 0 Å². The Labute approximate surface area is 148 Å². The molecule has 0 unspecified atom stereocenters. The first-order valence-corrected chi connectivity index (χ1v) is 9.20. The van der Waals surface area contributed by atoms with Gasteiger partial charge in [-0.25, -0.2) is 0 Å².